The van der Waals surface area contributed by atoms with Gasteiger partial charge < -0.3 is 4.90 Å². The van der Waals surface area contributed by atoms with E-state index in [0.717, 1.165) is 33.1 Å². The highest BCUT2D eigenvalue weighted by Crippen LogP contribution is 2.48. The third-order valence-electron chi connectivity index (χ3n) is 9.03. The van der Waals surface area contributed by atoms with Gasteiger partial charge in [-0.1, -0.05) is 121 Å². The van der Waals surface area contributed by atoms with E-state index in [4.69, 9.17) is 9.97 Å². The topological polar surface area (TPSA) is 29.0 Å². The maximum atomic E-state index is 5.17. The molecule has 3 nitrogen and oxygen atoms in total. The first-order valence-corrected chi connectivity index (χ1v) is 14.8. The molecule has 2 heterocycles. The van der Waals surface area contributed by atoms with Gasteiger partial charge in [0.1, 0.15) is 0 Å². The van der Waals surface area contributed by atoms with E-state index in [1.165, 1.54) is 38.8 Å². The Labute approximate surface area is 250 Å². The average Bonchev–Trinajstić information content (AvgIpc) is 3.42. The average molecular weight is 550 g/mol. The number of anilines is 2. The van der Waals surface area contributed by atoms with Crippen LogP contribution in [0.2, 0.25) is 0 Å². The molecule has 2 unspecified atom stereocenters. The molecule has 0 bridgehead atoms. The molecular formula is C40H27N3. The van der Waals surface area contributed by atoms with Crippen LogP contribution in [0, 0.1) is 0 Å². The summed E-state index contributed by atoms with van der Waals surface area (Å²) in [5, 5.41) is 4.69. The van der Waals surface area contributed by atoms with Crippen molar-refractivity contribution in [2.75, 3.05) is 4.90 Å². The Morgan fingerprint density at radius 3 is 1.93 bits per heavy atom. The summed E-state index contributed by atoms with van der Waals surface area (Å²) in [5.74, 6) is 0.332. The molecule has 1 aliphatic heterocycles. The van der Waals surface area contributed by atoms with Crippen LogP contribution in [-0.2, 0) is 0 Å². The minimum Gasteiger partial charge on any atom is -0.333 e. The molecule has 1 aromatic heterocycles. The monoisotopic (exact) mass is 549 g/mol. The van der Waals surface area contributed by atoms with Crippen molar-refractivity contribution in [2.45, 2.75) is 12.0 Å². The number of hydrogen-bond donors (Lipinski definition) is 0. The van der Waals surface area contributed by atoms with E-state index >= 15 is 0 Å². The van der Waals surface area contributed by atoms with Crippen LogP contribution in [0.5, 0.6) is 0 Å². The van der Waals surface area contributed by atoms with E-state index < -0.39 is 0 Å². The van der Waals surface area contributed by atoms with Gasteiger partial charge in [-0.3, -0.25) is 4.98 Å². The summed E-state index contributed by atoms with van der Waals surface area (Å²) in [7, 11) is 0. The summed E-state index contributed by atoms with van der Waals surface area (Å²) in [6.45, 7) is 0. The van der Waals surface area contributed by atoms with Crippen molar-refractivity contribution in [1.29, 1.82) is 0 Å². The molecule has 7 aromatic rings. The first-order chi connectivity index (χ1) is 21.3. The van der Waals surface area contributed by atoms with Gasteiger partial charge in [-0.15, -0.1) is 0 Å². The Hall–Kier alpha value is -5.54. The van der Waals surface area contributed by atoms with Gasteiger partial charge in [0.2, 0.25) is 0 Å². The van der Waals surface area contributed by atoms with Gasteiger partial charge in [0.05, 0.1) is 29.0 Å². The van der Waals surface area contributed by atoms with Crippen LogP contribution in [0.4, 0.5) is 11.4 Å². The van der Waals surface area contributed by atoms with Crippen LogP contribution < -0.4 is 4.90 Å². The molecule has 3 heteroatoms. The van der Waals surface area contributed by atoms with Crippen molar-refractivity contribution in [3.05, 3.63) is 157 Å². The third kappa shape index (κ3) is 3.75. The zero-order chi connectivity index (χ0) is 28.3. The normalized spacial score (nSPS) is 17.1. The van der Waals surface area contributed by atoms with Gasteiger partial charge in [-0.05, 0) is 51.7 Å². The lowest BCUT2D eigenvalue weighted by Gasteiger charge is -2.28. The summed E-state index contributed by atoms with van der Waals surface area (Å²) in [6.07, 6.45) is 10.9. The number of para-hydroxylation sites is 1. The predicted molar refractivity (Wildman–Crippen MR) is 179 cm³/mol. The first kappa shape index (κ1) is 24.1. The molecule has 43 heavy (non-hydrogen) atoms. The SMILES string of the molecule is C1=CC2c3cc(-c4ccc(-c5cnc6c7ccccc7c7ccccc7c6n5)cc4)ccc3N(c3ccccc3)C2C=C1. The van der Waals surface area contributed by atoms with Crippen molar-refractivity contribution >= 4 is 44.0 Å². The van der Waals surface area contributed by atoms with Crippen molar-refractivity contribution < 1.29 is 0 Å². The van der Waals surface area contributed by atoms with Gasteiger partial charge >= 0.3 is 0 Å². The lowest BCUT2D eigenvalue weighted by atomic mass is 9.89. The van der Waals surface area contributed by atoms with E-state index in [2.05, 4.69) is 151 Å². The van der Waals surface area contributed by atoms with E-state index in [9.17, 15) is 0 Å². The van der Waals surface area contributed by atoms with Gasteiger partial charge in [-0.2, -0.15) is 0 Å². The lowest BCUT2D eigenvalue weighted by Crippen LogP contribution is -2.28. The number of nitrogens with zero attached hydrogens (tertiary/aromatic N) is 3. The summed E-state index contributed by atoms with van der Waals surface area (Å²) < 4.78 is 0. The van der Waals surface area contributed by atoms with E-state index in [0.29, 0.717) is 12.0 Å². The molecule has 0 N–H and O–H groups in total. The Balaban J connectivity index is 1.10. The fraction of sp³-hybridized carbons (Fsp3) is 0.0500. The highest BCUT2D eigenvalue weighted by atomic mass is 15.2. The number of fused-ring (bicyclic) bond motifs is 9. The van der Waals surface area contributed by atoms with Crippen LogP contribution in [0.15, 0.2) is 152 Å². The number of hydrogen-bond acceptors (Lipinski definition) is 3. The minimum absolute atomic E-state index is 0.291. The highest BCUT2D eigenvalue weighted by Gasteiger charge is 2.37. The number of allylic oxidation sites excluding steroid dienone is 2. The first-order valence-electron chi connectivity index (χ1n) is 14.8. The van der Waals surface area contributed by atoms with Crippen LogP contribution in [0.3, 0.4) is 0 Å². The fourth-order valence-corrected chi connectivity index (χ4v) is 7.01. The molecule has 0 saturated heterocycles. The molecule has 0 saturated carbocycles. The molecule has 0 radical (unpaired) electrons. The molecule has 202 valence electrons. The van der Waals surface area contributed by atoms with E-state index in [1.54, 1.807) is 0 Å². The summed E-state index contributed by atoms with van der Waals surface area (Å²) >= 11 is 0. The van der Waals surface area contributed by atoms with Gasteiger partial charge in [0.25, 0.3) is 0 Å². The maximum absolute atomic E-state index is 5.17. The van der Waals surface area contributed by atoms with Gasteiger partial charge in [0.15, 0.2) is 0 Å². The van der Waals surface area contributed by atoms with Crippen molar-refractivity contribution in [3.63, 3.8) is 0 Å². The second-order valence-electron chi connectivity index (χ2n) is 11.4. The van der Waals surface area contributed by atoms with Crippen LogP contribution in [-0.4, -0.2) is 16.0 Å². The van der Waals surface area contributed by atoms with Crippen molar-refractivity contribution in [2.24, 2.45) is 0 Å². The highest BCUT2D eigenvalue weighted by molar-refractivity contribution is 6.23. The molecule has 0 amide bonds. The summed E-state index contributed by atoms with van der Waals surface area (Å²) in [6, 6.07) is 43.7. The Morgan fingerprint density at radius 1 is 0.535 bits per heavy atom. The van der Waals surface area contributed by atoms with Crippen molar-refractivity contribution in [3.8, 4) is 22.4 Å². The molecule has 0 fully saturated rings. The molecule has 0 spiro atoms. The van der Waals surface area contributed by atoms with Gasteiger partial charge in [0, 0.05) is 33.6 Å². The Bertz CT molecular complexity index is 2210. The Kier molecular flexibility index (Phi) is 5.32. The molecule has 9 rings (SSSR count). The summed E-state index contributed by atoms with van der Waals surface area (Å²) in [5.41, 5.74) is 10.1. The zero-order valence-corrected chi connectivity index (χ0v) is 23.4. The fourth-order valence-electron chi connectivity index (χ4n) is 7.01. The van der Waals surface area contributed by atoms with Crippen LogP contribution in [0.1, 0.15) is 11.5 Å². The minimum atomic E-state index is 0.291. The smallest absolute Gasteiger partial charge is 0.0979 e. The summed E-state index contributed by atoms with van der Waals surface area (Å²) in [4.78, 5) is 12.6. The quantitative estimate of drug-likeness (QED) is 0.205. The molecule has 1 aliphatic carbocycles. The number of benzene rings is 6. The van der Waals surface area contributed by atoms with E-state index in [1.807, 2.05) is 6.20 Å². The van der Waals surface area contributed by atoms with Crippen LogP contribution >= 0.6 is 0 Å². The maximum Gasteiger partial charge on any atom is 0.0979 e. The number of rotatable bonds is 3. The third-order valence-corrected chi connectivity index (χ3v) is 9.03. The zero-order valence-electron chi connectivity index (χ0n) is 23.4. The van der Waals surface area contributed by atoms with Crippen molar-refractivity contribution in [1.82, 2.24) is 9.97 Å². The predicted octanol–water partition coefficient (Wildman–Crippen LogP) is 10.0. The second kappa shape index (κ2) is 9.50. The molecular weight excluding hydrogens is 522 g/mol. The standard InChI is InChI=1S/C40H27N3/c1-2-10-29(11-3-1)43-37-17-9-8-14-32(37)35-24-28(22-23-38(35)43)26-18-20-27(21-19-26)36-25-41-39-33-15-6-4-12-30(33)31-13-5-7-16-34(31)40(39)42-36/h1-25,32,37H. The van der Waals surface area contributed by atoms with Gasteiger partial charge in [-0.25, -0.2) is 4.98 Å². The largest absolute Gasteiger partial charge is 0.333 e. The molecule has 2 atom stereocenters. The Morgan fingerprint density at radius 2 is 1.16 bits per heavy atom. The second-order valence-corrected chi connectivity index (χ2v) is 11.4. The number of aromatic nitrogens is 2. The molecule has 2 aliphatic rings. The molecule has 6 aromatic carbocycles. The van der Waals surface area contributed by atoms with Crippen LogP contribution in [0.25, 0.3) is 55.0 Å². The van der Waals surface area contributed by atoms with E-state index in [-0.39, 0.29) is 0 Å². The lowest BCUT2D eigenvalue weighted by molar-refractivity contribution is 0.745.